The molecule has 0 radical (unpaired) electrons. The van der Waals surface area contributed by atoms with E-state index in [1.54, 1.807) is 25.2 Å². The van der Waals surface area contributed by atoms with Crippen LogP contribution in [-0.2, 0) is 6.54 Å². The fraction of sp³-hybridized carbons (Fsp3) is 0.500. The van der Waals surface area contributed by atoms with E-state index in [1.807, 2.05) is 0 Å². The van der Waals surface area contributed by atoms with Crippen LogP contribution in [0.5, 0.6) is 5.75 Å². The molecular weight excluding hydrogens is 391 g/mol. The molecule has 0 unspecified atom stereocenters. The Morgan fingerprint density at radius 3 is 2.67 bits per heavy atom. The van der Waals surface area contributed by atoms with Gasteiger partial charge in [0.25, 0.3) is 0 Å². The van der Waals surface area contributed by atoms with Crippen molar-refractivity contribution in [2.45, 2.75) is 26.0 Å². The van der Waals surface area contributed by atoms with Gasteiger partial charge in [0.05, 0.1) is 0 Å². The van der Waals surface area contributed by atoms with E-state index >= 15 is 0 Å². The van der Waals surface area contributed by atoms with E-state index in [1.165, 1.54) is 18.9 Å². The highest BCUT2D eigenvalue weighted by Crippen LogP contribution is 2.27. The van der Waals surface area contributed by atoms with Gasteiger partial charge in [0.15, 0.2) is 5.96 Å². The third-order valence-electron chi connectivity index (χ3n) is 3.11. The maximum Gasteiger partial charge on any atom is 0.387 e. The molecule has 118 valence electrons. The molecule has 0 aromatic heterocycles. The molecule has 0 atom stereocenters. The van der Waals surface area contributed by atoms with Crippen LogP contribution < -0.4 is 15.4 Å². The lowest BCUT2D eigenvalue weighted by Gasteiger charge is -2.14. The van der Waals surface area contributed by atoms with E-state index in [2.05, 4.69) is 20.4 Å². The Kier molecular flexibility index (Phi) is 7.69. The van der Waals surface area contributed by atoms with Crippen molar-refractivity contribution in [3.63, 3.8) is 0 Å². The van der Waals surface area contributed by atoms with Gasteiger partial charge < -0.3 is 15.4 Å². The predicted octanol–water partition coefficient (Wildman–Crippen LogP) is 2.98. The third-order valence-corrected chi connectivity index (χ3v) is 3.11. The van der Waals surface area contributed by atoms with Crippen LogP contribution in [0.1, 0.15) is 18.4 Å². The topological polar surface area (TPSA) is 45.7 Å². The number of benzene rings is 1. The van der Waals surface area contributed by atoms with Crippen LogP contribution in [0.2, 0.25) is 0 Å². The number of halogens is 3. The maximum absolute atomic E-state index is 12.3. The van der Waals surface area contributed by atoms with Gasteiger partial charge in [0.2, 0.25) is 0 Å². The van der Waals surface area contributed by atoms with E-state index in [0.29, 0.717) is 18.1 Å². The minimum atomic E-state index is -2.82. The highest BCUT2D eigenvalue weighted by atomic mass is 127. The molecule has 21 heavy (non-hydrogen) atoms. The first-order chi connectivity index (χ1) is 9.69. The molecule has 0 heterocycles. The first kappa shape index (κ1) is 17.9. The van der Waals surface area contributed by atoms with E-state index in [9.17, 15) is 8.78 Å². The monoisotopic (exact) mass is 411 g/mol. The Morgan fingerprint density at radius 1 is 1.33 bits per heavy atom. The molecule has 7 heteroatoms. The Morgan fingerprint density at radius 2 is 2.05 bits per heavy atom. The van der Waals surface area contributed by atoms with Crippen LogP contribution in [0, 0.1) is 5.92 Å². The molecular formula is C14H20F2IN3O. The molecule has 1 aromatic carbocycles. The van der Waals surface area contributed by atoms with Gasteiger partial charge >= 0.3 is 6.61 Å². The number of rotatable bonds is 6. The zero-order valence-electron chi connectivity index (χ0n) is 11.8. The fourth-order valence-electron chi connectivity index (χ4n) is 1.82. The largest absolute Gasteiger partial charge is 0.434 e. The highest BCUT2D eigenvalue weighted by Gasteiger charge is 2.21. The summed E-state index contributed by atoms with van der Waals surface area (Å²) in [5, 5.41) is 6.31. The molecule has 1 aliphatic rings. The first-order valence-corrected chi connectivity index (χ1v) is 6.66. The molecule has 1 aromatic rings. The first-order valence-electron chi connectivity index (χ1n) is 6.66. The quantitative estimate of drug-likeness (QED) is 0.430. The molecule has 0 saturated heterocycles. The van der Waals surface area contributed by atoms with E-state index in [0.717, 1.165) is 12.5 Å². The Labute approximate surface area is 140 Å². The number of alkyl halides is 2. The SMILES string of the molecule is CN=C(NCc1ccccc1OC(F)F)NCC1CC1.I. The number of hydrogen-bond acceptors (Lipinski definition) is 2. The number of nitrogens with one attached hydrogen (secondary N) is 2. The Bertz CT molecular complexity index is 467. The fourth-order valence-corrected chi connectivity index (χ4v) is 1.82. The second kappa shape index (κ2) is 9.01. The standard InChI is InChI=1S/C14H19F2N3O.HI/c1-17-14(18-8-10-6-7-10)19-9-11-4-2-3-5-12(11)20-13(15)16;/h2-5,10,13H,6-9H2,1H3,(H2,17,18,19);1H. The van der Waals surface area contributed by atoms with Crippen LogP contribution in [-0.4, -0.2) is 26.2 Å². The second-order valence-electron chi connectivity index (χ2n) is 4.74. The normalized spacial score (nSPS) is 14.6. The Balaban J connectivity index is 0.00000220. The summed E-state index contributed by atoms with van der Waals surface area (Å²) in [4.78, 5) is 4.10. The summed E-state index contributed by atoms with van der Waals surface area (Å²) in [7, 11) is 1.68. The van der Waals surface area contributed by atoms with Crippen molar-refractivity contribution < 1.29 is 13.5 Å². The van der Waals surface area contributed by atoms with E-state index in [-0.39, 0.29) is 29.7 Å². The van der Waals surface area contributed by atoms with Gasteiger partial charge in [-0.25, -0.2) is 0 Å². The third kappa shape index (κ3) is 6.45. The van der Waals surface area contributed by atoms with Crippen molar-refractivity contribution in [2.24, 2.45) is 10.9 Å². The summed E-state index contributed by atoms with van der Waals surface area (Å²) in [5.74, 6) is 1.60. The average Bonchev–Trinajstić information content (AvgIpc) is 3.24. The molecule has 2 N–H and O–H groups in total. The van der Waals surface area contributed by atoms with Gasteiger partial charge in [-0.3, -0.25) is 4.99 Å². The van der Waals surface area contributed by atoms with Crippen molar-refractivity contribution in [1.29, 1.82) is 0 Å². The van der Waals surface area contributed by atoms with Crippen LogP contribution >= 0.6 is 24.0 Å². The average molecular weight is 411 g/mol. The summed E-state index contributed by atoms with van der Waals surface area (Å²) in [5.41, 5.74) is 0.669. The van der Waals surface area contributed by atoms with Gasteiger partial charge in [-0.1, -0.05) is 18.2 Å². The van der Waals surface area contributed by atoms with Crippen molar-refractivity contribution >= 4 is 29.9 Å². The van der Waals surface area contributed by atoms with Crippen LogP contribution in [0.25, 0.3) is 0 Å². The molecule has 0 amide bonds. The zero-order valence-corrected chi connectivity index (χ0v) is 14.1. The molecule has 4 nitrogen and oxygen atoms in total. The highest BCUT2D eigenvalue weighted by molar-refractivity contribution is 14.0. The lowest BCUT2D eigenvalue weighted by atomic mass is 10.2. The molecule has 0 bridgehead atoms. The summed E-state index contributed by atoms with van der Waals surface area (Å²) in [6.07, 6.45) is 2.52. The number of para-hydroxylation sites is 1. The van der Waals surface area contributed by atoms with Crippen molar-refractivity contribution in [1.82, 2.24) is 10.6 Å². The summed E-state index contributed by atoms with van der Waals surface area (Å²) in [6, 6.07) is 6.74. The maximum atomic E-state index is 12.3. The van der Waals surface area contributed by atoms with Crippen LogP contribution in [0.4, 0.5) is 8.78 Å². The van der Waals surface area contributed by atoms with Gasteiger partial charge in [0, 0.05) is 25.7 Å². The summed E-state index contributed by atoms with van der Waals surface area (Å²) >= 11 is 0. The minimum absolute atomic E-state index is 0. The number of ether oxygens (including phenoxy) is 1. The van der Waals surface area contributed by atoms with E-state index < -0.39 is 6.61 Å². The number of aliphatic imine (C=N–C) groups is 1. The zero-order chi connectivity index (χ0) is 14.4. The lowest BCUT2D eigenvalue weighted by Crippen LogP contribution is -2.37. The second-order valence-corrected chi connectivity index (χ2v) is 4.74. The lowest BCUT2D eigenvalue weighted by molar-refractivity contribution is -0.0504. The molecule has 0 spiro atoms. The number of guanidine groups is 1. The molecule has 1 fully saturated rings. The number of nitrogens with zero attached hydrogens (tertiary/aromatic N) is 1. The van der Waals surface area contributed by atoms with Gasteiger partial charge in [0.1, 0.15) is 5.75 Å². The van der Waals surface area contributed by atoms with E-state index in [4.69, 9.17) is 0 Å². The molecule has 2 rings (SSSR count). The molecule has 1 aliphatic carbocycles. The van der Waals surface area contributed by atoms with Gasteiger partial charge in [-0.05, 0) is 24.8 Å². The van der Waals surface area contributed by atoms with Crippen LogP contribution in [0.3, 0.4) is 0 Å². The van der Waals surface area contributed by atoms with Gasteiger partial charge in [-0.2, -0.15) is 8.78 Å². The minimum Gasteiger partial charge on any atom is -0.434 e. The Hall–Kier alpha value is -1.12. The molecule has 1 saturated carbocycles. The van der Waals surface area contributed by atoms with Gasteiger partial charge in [-0.15, -0.1) is 24.0 Å². The number of hydrogen-bond donors (Lipinski definition) is 2. The summed E-state index contributed by atoms with van der Waals surface area (Å²) in [6.45, 7) is -1.54. The van der Waals surface area contributed by atoms with Crippen molar-refractivity contribution in [2.75, 3.05) is 13.6 Å². The molecule has 0 aliphatic heterocycles. The predicted molar refractivity (Wildman–Crippen MR) is 89.4 cm³/mol. The van der Waals surface area contributed by atoms with Crippen LogP contribution in [0.15, 0.2) is 29.3 Å². The summed E-state index contributed by atoms with van der Waals surface area (Å²) < 4.78 is 29.1. The van der Waals surface area contributed by atoms with Crippen molar-refractivity contribution in [3.8, 4) is 5.75 Å². The van der Waals surface area contributed by atoms with Crippen molar-refractivity contribution in [3.05, 3.63) is 29.8 Å². The smallest absolute Gasteiger partial charge is 0.387 e.